The molecule has 3 aromatic rings. The molecule has 170 valence electrons. The van der Waals surface area contributed by atoms with E-state index in [-0.39, 0.29) is 18.1 Å². The average molecular weight is 444 g/mol. The van der Waals surface area contributed by atoms with Gasteiger partial charge in [0, 0.05) is 31.0 Å². The molecule has 2 atom stereocenters. The van der Waals surface area contributed by atoms with Gasteiger partial charge >= 0.3 is 6.09 Å². The highest BCUT2D eigenvalue weighted by atomic mass is 16.6. The maximum absolute atomic E-state index is 13.0. The molecular formula is C26H29N5O2. The fourth-order valence-corrected chi connectivity index (χ4v) is 5.79. The first-order valence-electron chi connectivity index (χ1n) is 12.0. The Morgan fingerprint density at radius 1 is 1.00 bits per heavy atom. The zero-order chi connectivity index (χ0) is 22.4. The van der Waals surface area contributed by atoms with E-state index in [4.69, 9.17) is 10.5 Å². The van der Waals surface area contributed by atoms with E-state index in [0.29, 0.717) is 32.2 Å². The lowest BCUT2D eigenvalue weighted by atomic mass is 9.85. The maximum Gasteiger partial charge on any atom is 0.410 e. The Bertz CT molecular complexity index is 1140. The van der Waals surface area contributed by atoms with E-state index in [1.807, 2.05) is 12.1 Å². The number of carbonyl (C=O) groups excluding carboxylic acids is 1. The Kier molecular flexibility index (Phi) is 5.14. The number of carbonyl (C=O) groups is 1. The van der Waals surface area contributed by atoms with Crippen molar-refractivity contribution in [2.24, 2.45) is 5.73 Å². The Labute approximate surface area is 193 Å². The number of aromatic nitrogens is 3. The van der Waals surface area contributed by atoms with Crippen molar-refractivity contribution in [3.05, 3.63) is 71.3 Å². The average Bonchev–Trinajstić information content (AvgIpc) is 3.41. The number of benzene rings is 2. The van der Waals surface area contributed by atoms with Crippen LogP contribution in [0.25, 0.3) is 11.1 Å². The molecule has 0 bridgehead atoms. The summed E-state index contributed by atoms with van der Waals surface area (Å²) in [6, 6.07) is 17.0. The molecule has 6 rings (SSSR count). The van der Waals surface area contributed by atoms with Gasteiger partial charge in [0.15, 0.2) is 5.82 Å². The van der Waals surface area contributed by atoms with Gasteiger partial charge in [-0.1, -0.05) is 55.0 Å². The monoisotopic (exact) mass is 443 g/mol. The zero-order valence-electron chi connectivity index (χ0n) is 18.7. The van der Waals surface area contributed by atoms with Crippen LogP contribution in [-0.2, 0) is 17.8 Å². The van der Waals surface area contributed by atoms with Crippen LogP contribution in [0.1, 0.15) is 60.3 Å². The Morgan fingerprint density at radius 3 is 2.45 bits per heavy atom. The smallest absolute Gasteiger partial charge is 0.410 e. The van der Waals surface area contributed by atoms with Crippen molar-refractivity contribution in [1.29, 1.82) is 0 Å². The van der Waals surface area contributed by atoms with Crippen LogP contribution in [-0.4, -0.2) is 45.0 Å². The van der Waals surface area contributed by atoms with Gasteiger partial charge in [-0.3, -0.25) is 4.90 Å². The third-order valence-electron chi connectivity index (χ3n) is 7.46. The minimum absolute atomic E-state index is 0.0666. The first kappa shape index (κ1) is 20.4. The predicted molar refractivity (Wildman–Crippen MR) is 125 cm³/mol. The van der Waals surface area contributed by atoms with Gasteiger partial charge in [0.25, 0.3) is 0 Å². The summed E-state index contributed by atoms with van der Waals surface area (Å²) >= 11 is 0. The second-order valence-corrected chi connectivity index (χ2v) is 9.48. The highest BCUT2D eigenvalue weighted by Crippen LogP contribution is 2.44. The van der Waals surface area contributed by atoms with Gasteiger partial charge in [-0.2, -0.15) is 0 Å². The summed E-state index contributed by atoms with van der Waals surface area (Å²) in [4.78, 5) is 14.7. The van der Waals surface area contributed by atoms with Crippen molar-refractivity contribution in [2.45, 2.75) is 56.7 Å². The SMILES string of the molecule is N[C@@H]1CCC[C@H](c2nnc3n2CCN(C(=O)OCC2c4ccccc4-c4ccccc42)C3)C1. The molecule has 2 aliphatic carbocycles. The molecular weight excluding hydrogens is 414 g/mol. The molecule has 1 saturated carbocycles. The molecule has 2 heterocycles. The van der Waals surface area contributed by atoms with Gasteiger partial charge in [0.05, 0.1) is 6.54 Å². The van der Waals surface area contributed by atoms with Crippen LogP contribution in [0.3, 0.4) is 0 Å². The lowest BCUT2D eigenvalue weighted by Crippen LogP contribution is -2.40. The molecule has 1 fully saturated rings. The summed E-state index contributed by atoms with van der Waals surface area (Å²) in [6.07, 6.45) is 4.02. The molecule has 0 spiro atoms. The third-order valence-corrected chi connectivity index (χ3v) is 7.46. The Morgan fingerprint density at radius 2 is 1.73 bits per heavy atom. The molecule has 2 aromatic carbocycles. The molecule has 0 saturated heterocycles. The number of nitrogens with two attached hydrogens (primary N) is 1. The van der Waals surface area contributed by atoms with Crippen molar-refractivity contribution in [1.82, 2.24) is 19.7 Å². The molecule has 33 heavy (non-hydrogen) atoms. The molecule has 1 aliphatic heterocycles. The fourth-order valence-electron chi connectivity index (χ4n) is 5.79. The Balaban J connectivity index is 1.14. The van der Waals surface area contributed by atoms with Crippen LogP contribution in [0.15, 0.2) is 48.5 Å². The summed E-state index contributed by atoms with van der Waals surface area (Å²) in [7, 11) is 0. The summed E-state index contributed by atoms with van der Waals surface area (Å²) in [5.41, 5.74) is 11.1. The fraction of sp³-hybridized carbons (Fsp3) is 0.423. The van der Waals surface area contributed by atoms with E-state index in [1.165, 1.54) is 22.3 Å². The first-order chi connectivity index (χ1) is 16.2. The van der Waals surface area contributed by atoms with Crippen LogP contribution < -0.4 is 5.73 Å². The van der Waals surface area contributed by atoms with E-state index >= 15 is 0 Å². The van der Waals surface area contributed by atoms with Gasteiger partial charge < -0.3 is 15.0 Å². The molecule has 1 amide bonds. The van der Waals surface area contributed by atoms with Crippen molar-refractivity contribution in [3.8, 4) is 11.1 Å². The van der Waals surface area contributed by atoms with Gasteiger partial charge in [-0.25, -0.2) is 4.79 Å². The summed E-state index contributed by atoms with van der Waals surface area (Å²) in [5.74, 6) is 2.31. The number of ether oxygens (including phenoxy) is 1. The molecule has 7 nitrogen and oxygen atoms in total. The number of rotatable bonds is 3. The van der Waals surface area contributed by atoms with Gasteiger partial charge in [-0.15, -0.1) is 10.2 Å². The van der Waals surface area contributed by atoms with E-state index in [2.05, 4.69) is 51.2 Å². The van der Waals surface area contributed by atoms with Crippen LogP contribution in [0.4, 0.5) is 4.79 Å². The topological polar surface area (TPSA) is 86.3 Å². The highest BCUT2D eigenvalue weighted by Gasteiger charge is 2.32. The quantitative estimate of drug-likeness (QED) is 0.661. The molecule has 3 aliphatic rings. The van der Waals surface area contributed by atoms with E-state index in [1.54, 1.807) is 4.90 Å². The summed E-state index contributed by atoms with van der Waals surface area (Å²) in [5, 5.41) is 8.90. The normalized spacial score (nSPS) is 21.9. The Hall–Kier alpha value is -3.19. The summed E-state index contributed by atoms with van der Waals surface area (Å²) < 4.78 is 8.03. The first-order valence-corrected chi connectivity index (χ1v) is 12.0. The highest BCUT2D eigenvalue weighted by molar-refractivity contribution is 5.79. The maximum atomic E-state index is 13.0. The molecule has 0 unspecified atom stereocenters. The van der Waals surface area contributed by atoms with Crippen LogP contribution in [0, 0.1) is 0 Å². The van der Waals surface area contributed by atoms with Crippen LogP contribution in [0.2, 0.25) is 0 Å². The molecule has 7 heteroatoms. The molecule has 2 N–H and O–H groups in total. The van der Waals surface area contributed by atoms with Crippen LogP contribution >= 0.6 is 0 Å². The van der Waals surface area contributed by atoms with Crippen molar-refractivity contribution < 1.29 is 9.53 Å². The number of hydrogen-bond acceptors (Lipinski definition) is 5. The minimum Gasteiger partial charge on any atom is -0.448 e. The third kappa shape index (κ3) is 3.60. The van der Waals surface area contributed by atoms with E-state index < -0.39 is 0 Å². The number of hydrogen-bond donors (Lipinski definition) is 1. The van der Waals surface area contributed by atoms with Crippen molar-refractivity contribution in [3.63, 3.8) is 0 Å². The lowest BCUT2D eigenvalue weighted by molar-refractivity contribution is 0.0892. The van der Waals surface area contributed by atoms with Crippen molar-refractivity contribution in [2.75, 3.05) is 13.2 Å². The molecule has 1 aromatic heterocycles. The standard InChI is InChI=1S/C26H29N5O2/c27-18-7-5-6-17(14-18)25-29-28-24-15-30(12-13-31(24)25)26(32)33-16-23-21-10-3-1-8-19(21)20-9-2-4-11-22(20)23/h1-4,8-11,17-18,23H,5-7,12-16,27H2/t17-,18+/m0/s1. The second-order valence-electron chi connectivity index (χ2n) is 9.48. The number of nitrogens with zero attached hydrogens (tertiary/aromatic N) is 4. The predicted octanol–water partition coefficient (Wildman–Crippen LogP) is 4.03. The van der Waals surface area contributed by atoms with Gasteiger partial charge in [0.1, 0.15) is 12.4 Å². The lowest BCUT2D eigenvalue weighted by Gasteiger charge is -2.30. The van der Waals surface area contributed by atoms with E-state index in [0.717, 1.165) is 37.3 Å². The van der Waals surface area contributed by atoms with Crippen LogP contribution in [0.5, 0.6) is 0 Å². The minimum atomic E-state index is -0.285. The van der Waals surface area contributed by atoms with E-state index in [9.17, 15) is 4.79 Å². The van der Waals surface area contributed by atoms with Gasteiger partial charge in [-0.05, 0) is 41.5 Å². The zero-order valence-corrected chi connectivity index (χ0v) is 18.7. The largest absolute Gasteiger partial charge is 0.448 e. The molecule has 0 radical (unpaired) electrons. The summed E-state index contributed by atoms with van der Waals surface area (Å²) in [6.45, 7) is 2.07. The van der Waals surface area contributed by atoms with Crippen molar-refractivity contribution >= 4 is 6.09 Å². The number of amides is 1. The number of fused-ring (bicyclic) bond motifs is 4. The second kappa shape index (κ2) is 8.30. The van der Waals surface area contributed by atoms with Gasteiger partial charge in [0.2, 0.25) is 0 Å².